The van der Waals surface area contributed by atoms with Crippen molar-refractivity contribution in [2.45, 2.75) is 24.8 Å². The van der Waals surface area contributed by atoms with Crippen molar-refractivity contribution in [3.63, 3.8) is 0 Å². The van der Waals surface area contributed by atoms with Crippen LogP contribution in [0.3, 0.4) is 0 Å². The lowest BCUT2D eigenvalue weighted by atomic mass is 10.0. The average Bonchev–Trinajstić information content (AvgIpc) is 3.36. The number of hydrogen-bond donors (Lipinski definition) is 2. The third-order valence-electron chi connectivity index (χ3n) is 4.34. The van der Waals surface area contributed by atoms with E-state index in [-0.39, 0.29) is 11.9 Å². The molecule has 0 saturated heterocycles. The molecule has 126 valence electrons. The van der Waals surface area contributed by atoms with Gasteiger partial charge in [0.25, 0.3) is 5.91 Å². The number of amides is 1. The molecule has 1 aromatic carbocycles. The van der Waals surface area contributed by atoms with Crippen LogP contribution < -0.4 is 5.32 Å². The number of aromatic nitrogens is 3. The van der Waals surface area contributed by atoms with Gasteiger partial charge < -0.3 is 5.32 Å². The van der Waals surface area contributed by atoms with Gasteiger partial charge in [-0.3, -0.25) is 14.9 Å². The van der Waals surface area contributed by atoms with Gasteiger partial charge in [-0.15, -0.1) is 0 Å². The van der Waals surface area contributed by atoms with Crippen LogP contribution in [0.1, 0.15) is 52.1 Å². The molecule has 1 amide bonds. The van der Waals surface area contributed by atoms with Gasteiger partial charge in [-0.1, -0.05) is 29.8 Å². The predicted octanol–water partition coefficient (Wildman–Crippen LogP) is 3.85. The molecule has 1 unspecified atom stereocenters. The first-order valence-electron chi connectivity index (χ1n) is 8.23. The number of halogens is 1. The quantitative estimate of drug-likeness (QED) is 0.732. The third-order valence-corrected chi connectivity index (χ3v) is 4.58. The molecule has 1 atom stereocenters. The van der Waals surface area contributed by atoms with Gasteiger partial charge in [0.05, 0.1) is 29.2 Å². The van der Waals surface area contributed by atoms with Crippen molar-refractivity contribution in [1.29, 1.82) is 0 Å². The van der Waals surface area contributed by atoms with E-state index < -0.39 is 0 Å². The van der Waals surface area contributed by atoms with Crippen molar-refractivity contribution in [1.82, 2.24) is 20.5 Å². The zero-order valence-electron chi connectivity index (χ0n) is 13.4. The lowest BCUT2D eigenvalue weighted by Gasteiger charge is -2.19. The molecule has 6 heteroatoms. The molecule has 0 bridgehead atoms. The van der Waals surface area contributed by atoms with Crippen LogP contribution >= 0.6 is 11.6 Å². The summed E-state index contributed by atoms with van der Waals surface area (Å²) in [5, 5.41) is 10.7. The van der Waals surface area contributed by atoms with Crippen LogP contribution in [0.25, 0.3) is 0 Å². The topological polar surface area (TPSA) is 70.7 Å². The van der Waals surface area contributed by atoms with Gasteiger partial charge in [0, 0.05) is 17.1 Å². The summed E-state index contributed by atoms with van der Waals surface area (Å²) in [7, 11) is 0. The Hall–Kier alpha value is -2.66. The first-order chi connectivity index (χ1) is 12.2. The molecule has 1 fully saturated rings. The Morgan fingerprint density at radius 2 is 2.12 bits per heavy atom. The zero-order valence-corrected chi connectivity index (χ0v) is 14.2. The van der Waals surface area contributed by atoms with E-state index in [9.17, 15) is 4.79 Å². The Morgan fingerprint density at radius 1 is 1.24 bits per heavy atom. The summed E-state index contributed by atoms with van der Waals surface area (Å²) in [4.78, 5) is 17.3. The Labute approximate surface area is 150 Å². The van der Waals surface area contributed by atoms with Gasteiger partial charge in [0.15, 0.2) is 0 Å². The van der Waals surface area contributed by atoms with Crippen LogP contribution in [-0.2, 0) is 0 Å². The second-order valence-electron chi connectivity index (χ2n) is 6.19. The van der Waals surface area contributed by atoms with E-state index in [0.29, 0.717) is 16.5 Å². The van der Waals surface area contributed by atoms with Crippen LogP contribution in [0.2, 0.25) is 5.02 Å². The van der Waals surface area contributed by atoms with Gasteiger partial charge in [0.2, 0.25) is 0 Å². The van der Waals surface area contributed by atoms with Crippen LogP contribution in [0.5, 0.6) is 0 Å². The predicted molar refractivity (Wildman–Crippen MR) is 95.6 cm³/mol. The first-order valence-corrected chi connectivity index (χ1v) is 8.60. The van der Waals surface area contributed by atoms with Crippen molar-refractivity contribution >= 4 is 17.5 Å². The Balaban J connectivity index is 1.66. The number of carbonyl (C=O) groups excluding carboxylic acids is 1. The summed E-state index contributed by atoms with van der Waals surface area (Å²) in [5.74, 6) is 0.258. The van der Waals surface area contributed by atoms with Crippen LogP contribution in [0, 0.1) is 0 Å². The maximum absolute atomic E-state index is 12.9. The molecule has 2 N–H and O–H groups in total. The van der Waals surface area contributed by atoms with Crippen molar-refractivity contribution in [2.75, 3.05) is 0 Å². The molecule has 1 saturated carbocycles. The molecular formula is C19H17ClN4O. The molecule has 1 aliphatic rings. The monoisotopic (exact) mass is 352 g/mol. The van der Waals surface area contributed by atoms with Gasteiger partial charge in [-0.2, -0.15) is 5.10 Å². The van der Waals surface area contributed by atoms with E-state index in [2.05, 4.69) is 20.5 Å². The summed E-state index contributed by atoms with van der Waals surface area (Å²) in [5.41, 5.74) is 3.17. The molecule has 1 aliphatic carbocycles. The number of pyridine rings is 1. The number of nitrogens with zero attached hydrogens (tertiary/aromatic N) is 2. The number of hydrogen-bond acceptors (Lipinski definition) is 3. The molecule has 3 aromatic rings. The first kappa shape index (κ1) is 15.8. The Bertz CT molecular complexity index is 889. The van der Waals surface area contributed by atoms with Crippen LogP contribution in [-0.4, -0.2) is 21.1 Å². The van der Waals surface area contributed by atoms with Crippen molar-refractivity contribution < 1.29 is 4.79 Å². The second-order valence-corrected chi connectivity index (χ2v) is 6.62. The van der Waals surface area contributed by atoms with Crippen molar-refractivity contribution in [3.8, 4) is 0 Å². The molecule has 4 rings (SSSR count). The largest absolute Gasteiger partial charge is 0.339 e. The highest BCUT2D eigenvalue weighted by Crippen LogP contribution is 2.40. The molecule has 0 spiro atoms. The summed E-state index contributed by atoms with van der Waals surface area (Å²) >= 11 is 6.14. The molecular weight excluding hydrogens is 336 g/mol. The number of benzene rings is 1. The van der Waals surface area contributed by atoms with Crippen LogP contribution in [0.15, 0.2) is 54.9 Å². The molecule has 0 radical (unpaired) electrons. The van der Waals surface area contributed by atoms with E-state index >= 15 is 0 Å². The highest BCUT2D eigenvalue weighted by molar-refractivity contribution is 6.30. The number of nitrogens with one attached hydrogen (secondary N) is 2. The maximum atomic E-state index is 12.9. The van der Waals surface area contributed by atoms with Gasteiger partial charge in [0.1, 0.15) is 0 Å². The van der Waals surface area contributed by atoms with Gasteiger partial charge in [-0.05, 0) is 42.7 Å². The van der Waals surface area contributed by atoms with E-state index in [1.807, 2.05) is 42.5 Å². The van der Waals surface area contributed by atoms with Gasteiger partial charge in [-0.25, -0.2) is 0 Å². The molecule has 2 aromatic heterocycles. The number of carbonyl (C=O) groups is 1. The normalized spacial score (nSPS) is 14.9. The SMILES string of the molecule is O=C(NC(c1cccc(Cl)c1)c1ccccn1)c1cn[nH]c1C1CC1. The second kappa shape index (κ2) is 6.69. The highest BCUT2D eigenvalue weighted by atomic mass is 35.5. The summed E-state index contributed by atoms with van der Waals surface area (Å²) in [6.07, 6.45) is 5.50. The number of rotatable bonds is 5. The van der Waals surface area contributed by atoms with E-state index in [1.54, 1.807) is 12.4 Å². The minimum Gasteiger partial charge on any atom is -0.339 e. The number of aromatic amines is 1. The third kappa shape index (κ3) is 3.42. The highest BCUT2D eigenvalue weighted by Gasteiger charge is 2.31. The lowest BCUT2D eigenvalue weighted by molar-refractivity contribution is 0.0941. The summed E-state index contributed by atoms with van der Waals surface area (Å²) in [6, 6.07) is 12.7. The summed E-state index contributed by atoms with van der Waals surface area (Å²) in [6.45, 7) is 0. The van der Waals surface area contributed by atoms with Crippen molar-refractivity contribution in [3.05, 3.63) is 82.4 Å². The fourth-order valence-electron chi connectivity index (χ4n) is 2.93. The van der Waals surface area contributed by atoms with E-state index in [4.69, 9.17) is 11.6 Å². The molecule has 2 heterocycles. The van der Waals surface area contributed by atoms with Crippen LogP contribution in [0.4, 0.5) is 0 Å². The Kier molecular flexibility index (Phi) is 4.24. The Morgan fingerprint density at radius 3 is 2.84 bits per heavy atom. The minimum absolute atomic E-state index is 0.161. The molecule has 0 aliphatic heterocycles. The lowest BCUT2D eigenvalue weighted by Crippen LogP contribution is -2.30. The van der Waals surface area contributed by atoms with Crippen molar-refractivity contribution in [2.24, 2.45) is 0 Å². The van der Waals surface area contributed by atoms with E-state index in [1.165, 1.54) is 0 Å². The molecule has 5 nitrogen and oxygen atoms in total. The fourth-order valence-corrected chi connectivity index (χ4v) is 3.13. The maximum Gasteiger partial charge on any atom is 0.255 e. The van der Waals surface area contributed by atoms with E-state index in [0.717, 1.165) is 29.8 Å². The fraction of sp³-hybridized carbons (Fsp3) is 0.211. The van der Waals surface area contributed by atoms with Gasteiger partial charge >= 0.3 is 0 Å². The summed E-state index contributed by atoms with van der Waals surface area (Å²) < 4.78 is 0. The smallest absolute Gasteiger partial charge is 0.255 e. The zero-order chi connectivity index (χ0) is 17.2. The molecule has 25 heavy (non-hydrogen) atoms. The minimum atomic E-state index is -0.380. The standard InChI is InChI=1S/C19H17ClN4O/c20-14-5-3-4-13(10-14)18(16-6-1-2-9-21-16)23-19(25)15-11-22-24-17(15)12-7-8-12/h1-6,9-12,18H,7-8H2,(H,22,24)(H,23,25). The number of H-pyrrole nitrogens is 1. The average molecular weight is 353 g/mol.